The molecule has 0 heterocycles. The molecule has 2 heteroatoms. The van der Waals surface area contributed by atoms with Crippen LogP contribution in [0.25, 0.3) is 5.57 Å². The first-order chi connectivity index (χ1) is 22.4. The number of rotatable bonds is 16. The Hall–Kier alpha value is -3.13. The summed E-state index contributed by atoms with van der Waals surface area (Å²) in [6, 6.07) is 13.6. The van der Waals surface area contributed by atoms with Crippen molar-refractivity contribution in [2.75, 3.05) is 6.61 Å². The van der Waals surface area contributed by atoms with Crippen LogP contribution in [0.15, 0.2) is 78.4 Å². The Morgan fingerprint density at radius 3 is 2.52 bits per heavy atom. The lowest BCUT2D eigenvalue weighted by atomic mass is 9.80. The summed E-state index contributed by atoms with van der Waals surface area (Å²) in [6.45, 7) is 11.6. The van der Waals surface area contributed by atoms with Crippen molar-refractivity contribution < 1.29 is 9.53 Å². The van der Waals surface area contributed by atoms with Gasteiger partial charge in [-0.25, -0.2) is 0 Å². The minimum absolute atomic E-state index is 0.0606. The molecule has 248 valence electrons. The number of benzene rings is 2. The molecular formula is C44H60O2. The van der Waals surface area contributed by atoms with E-state index >= 15 is 0 Å². The quantitative estimate of drug-likeness (QED) is 0.175. The van der Waals surface area contributed by atoms with Gasteiger partial charge in [0.15, 0.2) is 5.78 Å². The standard InChI is InChI=1S/C44H60O2/c1-6-9-10-11-15-20-39(7-2)42-30-38(31-43(32-42)46-25-24-35-17-13-12-14-18-35)26-34(5)44(45)41-21-16-19-36(29-41)27-37-23-22-33(4)40(8-3)28-37/h7,9-11,15,21-23,28,30-32,34-36H,6,8,12-14,16-20,24-27,29H2,1-5H3/b10-9-,15-11-,39-7+. The average molecular weight is 621 g/mol. The van der Waals surface area contributed by atoms with Crippen LogP contribution >= 0.6 is 0 Å². The summed E-state index contributed by atoms with van der Waals surface area (Å²) >= 11 is 0. The van der Waals surface area contributed by atoms with Crippen molar-refractivity contribution in [1.82, 2.24) is 0 Å². The molecule has 0 amide bonds. The van der Waals surface area contributed by atoms with Gasteiger partial charge in [-0.2, -0.15) is 0 Å². The van der Waals surface area contributed by atoms with Crippen molar-refractivity contribution in [3.63, 3.8) is 0 Å². The predicted octanol–water partition coefficient (Wildman–Crippen LogP) is 11.9. The third kappa shape index (κ3) is 11.0. The maximum absolute atomic E-state index is 13.9. The van der Waals surface area contributed by atoms with Crippen molar-refractivity contribution in [2.24, 2.45) is 17.8 Å². The van der Waals surface area contributed by atoms with Crippen LogP contribution in [0, 0.1) is 24.7 Å². The second kappa shape index (κ2) is 18.9. The minimum atomic E-state index is -0.0606. The van der Waals surface area contributed by atoms with E-state index in [1.165, 1.54) is 71.9 Å². The average Bonchev–Trinajstić information content (AvgIpc) is 3.07. The van der Waals surface area contributed by atoms with Gasteiger partial charge in [0.05, 0.1) is 6.61 Å². The summed E-state index contributed by atoms with van der Waals surface area (Å²) in [5, 5.41) is 0. The third-order valence-electron chi connectivity index (χ3n) is 10.3. The molecule has 46 heavy (non-hydrogen) atoms. The number of ether oxygens (including phenoxy) is 1. The second-order valence-electron chi connectivity index (χ2n) is 14.0. The highest BCUT2D eigenvalue weighted by Gasteiger charge is 2.25. The Labute approximate surface area is 281 Å². The van der Waals surface area contributed by atoms with E-state index in [9.17, 15) is 4.79 Å². The Kier molecular flexibility index (Phi) is 14.7. The van der Waals surface area contributed by atoms with Gasteiger partial charge >= 0.3 is 0 Å². The van der Waals surface area contributed by atoms with Gasteiger partial charge in [0.25, 0.3) is 0 Å². The van der Waals surface area contributed by atoms with Crippen LogP contribution in [0.2, 0.25) is 0 Å². The molecule has 0 aromatic heterocycles. The van der Waals surface area contributed by atoms with Crippen LogP contribution in [0.4, 0.5) is 0 Å². The number of aryl methyl sites for hydroxylation is 2. The van der Waals surface area contributed by atoms with Gasteiger partial charge in [-0.1, -0.05) is 114 Å². The summed E-state index contributed by atoms with van der Waals surface area (Å²) in [7, 11) is 0. The molecule has 4 rings (SSSR count). The molecule has 0 saturated heterocycles. The molecule has 2 aliphatic rings. The fraction of sp³-hybridized carbons (Fsp3) is 0.523. The molecule has 2 nitrogen and oxygen atoms in total. The van der Waals surface area contributed by atoms with Gasteiger partial charge in [-0.15, -0.1) is 0 Å². The Morgan fingerprint density at radius 2 is 1.76 bits per heavy atom. The second-order valence-corrected chi connectivity index (χ2v) is 14.0. The van der Waals surface area contributed by atoms with Gasteiger partial charge < -0.3 is 4.74 Å². The molecule has 0 N–H and O–H groups in total. The van der Waals surface area contributed by atoms with E-state index in [1.807, 2.05) is 0 Å². The largest absolute Gasteiger partial charge is 0.494 e. The predicted molar refractivity (Wildman–Crippen MR) is 198 cm³/mol. The highest BCUT2D eigenvalue weighted by molar-refractivity contribution is 5.97. The minimum Gasteiger partial charge on any atom is -0.494 e. The van der Waals surface area contributed by atoms with E-state index in [4.69, 9.17) is 4.74 Å². The number of allylic oxidation sites excluding steroid dienone is 8. The van der Waals surface area contributed by atoms with Crippen LogP contribution < -0.4 is 4.74 Å². The summed E-state index contributed by atoms with van der Waals surface area (Å²) in [6.07, 6.45) is 28.9. The van der Waals surface area contributed by atoms with Crippen molar-refractivity contribution in [1.29, 1.82) is 0 Å². The van der Waals surface area contributed by atoms with Gasteiger partial charge in [0, 0.05) is 5.92 Å². The fourth-order valence-electron chi connectivity index (χ4n) is 7.45. The van der Waals surface area contributed by atoms with Gasteiger partial charge in [0.2, 0.25) is 0 Å². The zero-order valence-corrected chi connectivity index (χ0v) is 29.6. The maximum atomic E-state index is 13.9. The number of hydrogen-bond donors (Lipinski definition) is 0. The van der Waals surface area contributed by atoms with Crippen LogP contribution in [-0.4, -0.2) is 12.4 Å². The Bertz CT molecular complexity index is 1380. The lowest BCUT2D eigenvalue weighted by Gasteiger charge is -2.24. The van der Waals surface area contributed by atoms with Crippen LogP contribution in [-0.2, 0) is 24.1 Å². The van der Waals surface area contributed by atoms with Crippen molar-refractivity contribution in [3.8, 4) is 5.75 Å². The number of ketones is 1. The summed E-state index contributed by atoms with van der Waals surface area (Å²) in [5.74, 6) is 2.54. The van der Waals surface area contributed by atoms with Crippen molar-refractivity contribution in [2.45, 2.75) is 125 Å². The maximum Gasteiger partial charge on any atom is 0.161 e. The molecule has 1 fully saturated rings. The van der Waals surface area contributed by atoms with E-state index < -0.39 is 0 Å². The molecule has 0 spiro atoms. The highest BCUT2D eigenvalue weighted by atomic mass is 16.5. The number of Topliss-reactive ketones (excluding diaryl/α,β-unsaturated/α-hetero) is 1. The summed E-state index contributed by atoms with van der Waals surface area (Å²) < 4.78 is 6.44. The monoisotopic (exact) mass is 620 g/mol. The van der Waals surface area contributed by atoms with E-state index in [0.717, 1.165) is 75.2 Å². The molecule has 2 aliphatic carbocycles. The molecule has 2 aromatic carbocycles. The lowest BCUT2D eigenvalue weighted by Crippen LogP contribution is -2.21. The SMILES string of the molecule is C/C=C(\C/C=C\C=C/CC)c1cc(CC(C)C(=O)C2=CCCC(Cc3ccc(C)c(CC)c3)C2)cc(OCCC2CCCCC2)c1. The number of carbonyl (C=O) groups excluding carboxylic acids is 1. The van der Waals surface area contributed by atoms with Crippen LogP contribution in [0.3, 0.4) is 0 Å². The van der Waals surface area contributed by atoms with E-state index in [0.29, 0.717) is 11.7 Å². The number of carbonyl (C=O) groups is 1. The van der Waals surface area contributed by atoms with Crippen molar-refractivity contribution >= 4 is 11.4 Å². The zero-order chi connectivity index (χ0) is 32.7. The third-order valence-corrected chi connectivity index (χ3v) is 10.3. The topological polar surface area (TPSA) is 26.3 Å². The lowest BCUT2D eigenvalue weighted by molar-refractivity contribution is -0.119. The first-order valence-electron chi connectivity index (χ1n) is 18.5. The normalized spacial score (nSPS) is 18.7. The van der Waals surface area contributed by atoms with E-state index in [1.54, 1.807) is 0 Å². The molecule has 0 aliphatic heterocycles. The Morgan fingerprint density at radius 1 is 0.957 bits per heavy atom. The van der Waals surface area contributed by atoms with E-state index in [-0.39, 0.29) is 5.92 Å². The zero-order valence-electron chi connectivity index (χ0n) is 29.6. The molecule has 0 bridgehead atoms. The molecular weight excluding hydrogens is 560 g/mol. The smallest absolute Gasteiger partial charge is 0.161 e. The van der Waals surface area contributed by atoms with Crippen LogP contribution in [0.5, 0.6) is 5.75 Å². The van der Waals surface area contributed by atoms with E-state index in [2.05, 4.69) is 107 Å². The van der Waals surface area contributed by atoms with Gasteiger partial charge in [-0.3, -0.25) is 4.79 Å². The molecule has 2 atom stereocenters. The first-order valence-corrected chi connectivity index (χ1v) is 18.5. The first kappa shape index (κ1) is 35.7. The van der Waals surface area contributed by atoms with Gasteiger partial charge in [-0.05, 0) is 135 Å². The van der Waals surface area contributed by atoms with Gasteiger partial charge in [0.1, 0.15) is 5.75 Å². The molecule has 2 unspecified atom stereocenters. The molecule has 2 aromatic rings. The Balaban J connectivity index is 1.44. The highest BCUT2D eigenvalue weighted by Crippen LogP contribution is 2.32. The fourth-order valence-corrected chi connectivity index (χ4v) is 7.45. The number of hydrogen-bond acceptors (Lipinski definition) is 2. The molecule has 0 radical (unpaired) electrons. The molecule has 1 saturated carbocycles. The summed E-state index contributed by atoms with van der Waals surface area (Å²) in [5.41, 5.74) is 8.98. The van der Waals surface area contributed by atoms with Crippen molar-refractivity contribution in [3.05, 3.63) is 106 Å². The van der Waals surface area contributed by atoms with Crippen LogP contribution in [0.1, 0.15) is 126 Å². The summed E-state index contributed by atoms with van der Waals surface area (Å²) in [4.78, 5) is 13.9.